The van der Waals surface area contributed by atoms with E-state index >= 15 is 0 Å². The maximum Gasteiger partial charge on any atom is 0.158 e. The molecule has 2 aromatic heterocycles. The summed E-state index contributed by atoms with van der Waals surface area (Å²) in [7, 11) is 4.22. The Morgan fingerprint density at radius 3 is 2.81 bits per heavy atom. The first-order valence-electron chi connectivity index (χ1n) is 7.82. The van der Waals surface area contributed by atoms with Gasteiger partial charge in [-0.1, -0.05) is 6.92 Å². The average molecular weight is 310 g/mol. The maximum atomic E-state index is 6.00. The van der Waals surface area contributed by atoms with Gasteiger partial charge in [0.25, 0.3) is 0 Å². The van der Waals surface area contributed by atoms with Crippen LogP contribution in [0.5, 0.6) is 0 Å². The molecule has 2 aromatic rings. The third-order valence-corrected chi connectivity index (χ3v) is 4.62. The fourth-order valence-corrected chi connectivity index (χ4v) is 3.65. The molecule has 1 atom stereocenters. The number of fused-ring (bicyclic) bond motifs is 1. The van der Waals surface area contributed by atoms with Crippen LogP contribution in [0.3, 0.4) is 0 Å². The van der Waals surface area contributed by atoms with Crippen LogP contribution in [0.25, 0.3) is 11.2 Å². The van der Waals surface area contributed by atoms with Gasteiger partial charge >= 0.3 is 0 Å². The first kappa shape index (κ1) is 14.9. The Hall–Kier alpha value is -1.07. The first-order valence-corrected chi connectivity index (χ1v) is 8.36. The third-order valence-electron chi connectivity index (χ3n) is 4.43. The Balaban J connectivity index is 2.13. The van der Waals surface area contributed by atoms with Gasteiger partial charge in [0.15, 0.2) is 5.65 Å². The molecule has 1 aliphatic rings. The molecule has 0 N–H and O–H groups in total. The van der Waals surface area contributed by atoms with Gasteiger partial charge in [-0.05, 0) is 32.9 Å². The fourth-order valence-electron chi connectivity index (χ4n) is 3.48. The highest BCUT2D eigenvalue weighted by atomic mass is 35.5. The zero-order valence-electron chi connectivity index (χ0n) is 13.1. The van der Waals surface area contributed by atoms with Crippen LogP contribution in [0.15, 0.2) is 0 Å². The molecule has 0 bridgehead atoms. The van der Waals surface area contributed by atoms with Crippen LogP contribution in [0.1, 0.15) is 37.3 Å². The molecular weight excluding hydrogens is 286 g/mol. The summed E-state index contributed by atoms with van der Waals surface area (Å²) >= 11 is 6.00. The number of hydrogen-bond donors (Lipinski definition) is 0. The highest BCUT2D eigenvalue weighted by Crippen LogP contribution is 2.29. The summed E-state index contributed by atoms with van der Waals surface area (Å²) in [6.45, 7) is 4.40. The molecule has 1 saturated heterocycles. The van der Waals surface area contributed by atoms with Crippen molar-refractivity contribution < 1.29 is 0 Å². The summed E-state index contributed by atoms with van der Waals surface area (Å²) in [6, 6.07) is 0.479. The van der Waals surface area contributed by atoms with Crippen LogP contribution >= 0.6 is 11.6 Å². The van der Waals surface area contributed by atoms with Crippen molar-refractivity contribution >= 4 is 22.8 Å². The Morgan fingerprint density at radius 2 is 2.14 bits per heavy atom. The molecule has 116 valence electrons. The Labute approximate surface area is 130 Å². The molecule has 3 heterocycles. The summed E-state index contributed by atoms with van der Waals surface area (Å²) < 4.78 is 4.40. The summed E-state index contributed by atoms with van der Waals surface area (Å²) in [5, 5.41) is 4.63. The van der Waals surface area contributed by atoms with Gasteiger partial charge < -0.3 is 9.47 Å². The van der Waals surface area contributed by atoms with Crippen molar-refractivity contribution in [3.8, 4) is 0 Å². The van der Waals surface area contributed by atoms with Crippen LogP contribution in [-0.2, 0) is 19.9 Å². The Kier molecular flexibility index (Phi) is 4.22. The minimum Gasteiger partial charge on any atom is -0.308 e. The van der Waals surface area contributed by atoms with Gasteiger partial charge in [0.05, 0.1) is 5.69 Å². The van der Waals surface area contributed by atoms with Gasteiger partial charge in [0.1, 0.15) is 11.3 Å². The molecule has 0 amide bonds. The van der Waals surface area contributed by atoms with Crippen molar-refractivity contribution in [2.24, 2.45) is 7.05 Å². The van der Waals surface area contributed by atoms with E-state index in [-0.39, 0.29) is 0 Å². The van der Waals surface area contributed by atoms with Crippen LogP contribution in [0.2, 0.25) is 0 Å². The second-order valence-corrected chi connectivity index (χ2v) is 6.37. The van der Waals surface area contributed by atoms with Crippen molar-refractivity contribution in [1.29, 1.82) is 0 Å². The van der Waals surface area contributed by atoms with Gasteiger partial charge in [-0.2, -0.15) is 5.10 Å². The normalized spacial score (nSPS) is 20.5. The van der Waals surface area contributed by atoms with Crippen LogP contribution in [0.4, 0.5) is 0 Å². The lowest BCUT2D eigenvalue weighted by Gasteiger charge is -2.31. The number of imidazole rings is 1. The van der Waals surface area contributed by atoms with Crippen molar-refractivity contribution in [1.82, 2.24) is 24.2 Å². The monoisotopic (exact) mass is 309 g/mol. The minimum absolute atomic E-state index is 0.479. The highest BCUT2D eigenvalue weighted by Gasteiger charge is 2.26. The predicted octanol–water partition coefficient (Wildman–Crippen LogP) is 2.38. The quantitative estimate of drug-likeness (QED) is 0.814. The summed E-state index contributed by atoms with van der Waals surface area (Å²) in [5.41, 5.74) is 3.31. The molecule has 1 unspecified atom stereocenters. The highest BCUT2D eigenvalue weighted by molar-refractivity contribution is 6.17. The van der Waals surface area contributed by atoms with Gasteiger partial charge in [-0.3, -0.25) is 4.68 Å². The summed E-state index contributed by atoms with van der Waals surface area (Å²) in [4.78, 5) is 7.28. The molecule has 1 fully saturated rings. The molecule has 3 rings (SSSR count). The molecule has 0 aliphatic carbocycles. The topological polar surface area (TPSA) is 38.9 Å². The summed E-state index contributed by atoms with van der Waals surface area (Å²) in [6.07, 6.45) is 4.18. The molecule has 21 heavy (non-hydrogen) atoms. The van der Waals surface area contributed by atoms with E-state index in [1.807, 2.05) is 11.7 Å². The largest absolute Gasteiger partial charge is 0.308 e. The molecule has 0 aromatic carbocycles. The van der Waals surface area contributed by atoms with Crippen molar-refractivity contribution in [2.75, 3.05) is 26.0 Å². The van der Waals surface area contributed by atoms with E-state index in [4.69, 9.17) is 16.6 Å². The smallest absolute Gasteiger partial charge is 0.158 e. The van der Waals surface area contributed by atoms with Gasteiger partial charge in [0, 0.05) is 31.9 Å². The SMILES string of the molecule is CCc1nn(C)c2c1nc(CCCl)n2C1CCCN(C)C1. The average Bonchev–Trinajstić information content (AvgIpc) is 2.97. The molecule has 1 aliphatic heterocycles. The lowest BCUT2D eigenvalue weighted by Crippen LogP contribution is -2.34. The molecular formula is C15H24ClN5. The molecule has 6 heteroatoms. The molecule has 0 spiro atoms. The van der Waals surface area contributed by atoms with E-state index in [0.717, 1.165) is 42.1 Å². The number of nitrogens with zero attached hydrogens (tertiary/aromatic N) is 5. The Bertz CT molecular complexity index is 630. The van der Waals surface area contributed by atoms with Crippen molar-refractivity contribution in [3.05, 3.63) is 11.5 Å². The molecule has 0 radical (unpaired) electrons. The number of likely N-dealkylation sites (tertiary alicyclic amines) is 1. The number of rotatable bonds is 4. The predicted molar refractivity (Wildman–Crippen MR) is 86.1 cm³/mol. The van der Waals surface area contributed by atoms with Gasteiger partial charge in [-0.25, -0.2) is 4.98 Å². The second-order valence-electron chi connectivity index (χ2n) is 5.99. The third kappa shape index (κ3) is 2.57. The number of aryl methyl sites for hydroxylation is 3. The fraction of sp³-hybridized carbons (Fsp3) is 0.733. The van der Waals surface area contributed by atoms with E-state index < -0.39 is 0 Å². The zero-order chi connectivity index (χ0) is 15.0. The molecule has 5 nitrogen and oxygen atoms in total. The first-order chi connectivity index (χ1) is 10.2. The number of piperidine rings is 1. The lowest BCUT2D eigenvalue weighted by atomic mass is 10.1. The van der Waals surface area contributed by atoms with E-state index in [1.165, 1.54) is 19.4 Å². The van der Waals surface area contributed by atoms with E-state index in [0.29, 0.717) is 11.9 Å². The zero-order valence-corrected chi connectivity index (χ0v) is 13.9. The maximum absolute atomic E-state index is 6.00. The van der Waals surface area contributed by atoms with Crippen LogP contribution < -0.4 is 0 Å². The van der Waals surface area contributed by atoms with Crippen LogP contribution in [-0.4, -0.2) is 50.2 Å². The number of likely N-dealkylation sites (N-methyl/N-ethyl adjacent to an activating group) is 1. The van der Waals surface area contributed by atoms with E-state index in [9.17, 15) is 0 Å². The number of hydrogen-bond acceptors (Lipinski definition) is 3. The second kappa shape index (κ2) is 5.97. The van der Waals surface area contributed by atoms with Crippen molar-refractivity contribution in [2.45, 2.75) is 38.6 Å². The number of halogens is 1. The van der Waals surface area contributed by atoms with Crippen LogP contribution in [0, 0.1) is 0 Å². The Morgan fingerprint density at radius 1 is 1.33 bits per heavy atom. The summed E-state index contributed by atoms with van der Waals surface area (Å²) in [5.74, 6) is 1.73. The van der Waals surface area contributed by atoms with Gasteiger partial charge in [-0.15, -0.1) is 11.6 Å². The number of alkyl halides is 1. The lowest BCUT2D eigenvalue weighted by molar-refractivity contribution is 0.211. The van der Waals surface area contributed by atoms with E-state index in [1.54, 1.807) is 0 Å². The number of aromatic nitrogens is 4. The standard InChI is InChI=1S/C15H24ClN5/c1-4-12-14-15(20(3)18-12)21(13(17-14)7-8-16)11-6-5-9-19(2)10-11/h11H,4-10H2,1-3H3. The van der Waals surface area contributed by atoms with Gasteiger partial charge in [0.2, 0.25) is 0 Å². The minimum atomic E-state index is 0.479. The van der Waals surface area contributed by atoms with Crippen molar-refractivity contribution in [3.63, 3.8) is 0 Å². The van der Waals surface area contributed by atoms with E-state index in [2.05, 4.69) is 28.5 Å². The molecule has 0 saturated carbocycles.